The van der Waals surface area contributed by atoms with Gasteiger partial charge < -0.3 is 14.2 Å². The highest BCUT2D eigenvalue weighted by Crippen LogP contribution is 2.49. The van der Waals surface area contributed by atoms with Crippen LogP contribution in [0.4, 0.5) is 0 Å². The van der Waals surface area contributed by atoms with Gasteiger partial charge in [0, 0.05) is 19.4 Å². The largest absolute Gasteiger partial charge is 0.460 e. The van der Waals surface area contributed by atoms with Gasteiger partial charge >= 0.3 is 5.97 Å². The van der Waals surface area contributed by atoms with Crippen LogP contribution in [0.15, 0.2) is 30.3 Å². The summed E-state index contributed by atoms with van der Waals surface area (Å²) in [5, 5.41) is 0. The number of esters is 1. The van der Waals surface area contributed by atoms with E-state index >= 15 is 0 Å². The van der Waals surface area contributed by atoms with Crippen molar-refractivity contribution in [2.45, 2.75) is 44.5 Å². The molecule has 3 aliphatic rings. The molecule has 136 valence electrons. The van der Waals surface area contributed by atoms with E-state index in [2.05, 4.69) is 4.90 Å². The van der Waals surface area contributed by atoms with E-state index in [1.54, 1.807) is 0 Å². The second-order valence-corrected chi connectivity index (χ2v) is 7.71. The lowest BCUT2D eigenvalue weighted by Gasteiger charge is -2.41. The fraction of sp³-hybridized carbons (Fsp3) is 0.650. The van der Waals surface area contributed by atoms with Crippen LogP contribution < -0.4 is 0 Å². The normalized spacial score (nSPS) is 24.8. The van der Waals surface area contributed by atoms with Gasteiger partial charge in [0.2, 0.25) is 0 Å². The van der Waals surface area contributed by atoms with Crippen LogP contribution >= 0.6 is 0 Å². The third-order valence-electron chi connectivity index (χ3n) is 6.00. The molecule has 1 aliphatic carbocycles. The molecule has 0 N–H and O–H groups in total. The van der Waals surface area contributed by atoms with Crippen molar-refractivity contribution in [3.8, 4) is 0 Å². The van der Waals surface area contributed by atoms with Crippen molar-refractivity contribution in [2.24, 2.45) is 5.41 Å². The lowest BCUT2D eigenvalue weighted by molar-refractivity contribution is -0.190. The van der Waals surface area contributed by atoms with Crippen molar-refractivity contribution in [3.05, 3.63) is 35.9 Å². The number of rotatable bonds is 4. The monoisotopic (exact) mass is 345 g/mol. The first kappa shape index (κ1) is 17.0. The summed E-state index contributed by atoms with van der Waals surface area (Å²) in [7, 11) is 0. The molecule has 2 spiro atoms. The second-order valence-electron chi connectivity index (χ2n) is 7.71. The predicted molar refractivity (Wildman–Crippen MR) is 92.8 cm³/mol. The topological polar surface area (TPSA) is 48.0 Å². The van der Waals surface area contributed by atoms with E-state index < -0.39 is 0 Å². The van der Waals surface area contributed by atoms with Gasteiger partial charge in [0.25, 0.3) is 0 Å². The number of hydrogen-bond acceptors (Lipinski definition) is 5. The zero-order valence-electron chi connectivity index (χ0n) is 14.7. The number of carbonyl (C=O) groups excluding carboxylic acids is 1. The van der Waals surface area contributed by atoms with E-state index in [-0.39, 0.29) is 11.8 Å². The highest BCUT2D eigenvalue weighted by Gasteiger charge is 2.48. The third-order valence-corrected chi connectivity index (χ3v) is 6.00. The Labute approximate surface area is 149 Å². The van der Waals surface area contributed by atoms with Crippen LogP contribution in [0.2, 0.25) is 0 Å². The average Bonchev–Trinajstić information content (AvgIpc) is 3.25. The van der Waals surface area contributed by atoms with Crippen LogP contribution in [0, 0.1) is 5.41 Å². The van der Waals surface area contributed by atoms with Crippen LogP contribution in [0.1, 0.15) is 37.7 Å². The minimum Gasteiger partial charge on any atom is -0.460 e. The summed E-state index contributed by atoms with van der Waals surface area (Å²) >= 11 is 0. The molecule has 3 fully saturated rings. The number of carbonyl (C=O) groups is 1. The quantitative estimate of drug-likeness (QED) is 0.786. The third kappa shape index (κ3) is 3.89. The Balaban J connectivity index is 1.23. The van der Waals surface area contributed by atoms with E-state index in [1.165, 1.54) is 0 Å². The van der Waals surface area contributed by atoms with E-state index in [0.717, 1.165) is 64.0 Å². The fourth-order valence-electron chi connectivity index (χ4n) is 4.48. The van der Waals surface area contributed by atoms with Crippen LogP contribution in [-0.4, -0.2) is 49.5 Å². The molecular weight excluding hydrogens is 318 g/mol. The van der Waals surface area contributed by atoms with Gasteiger partial charge in [0.15, 0.2) is 5.79 Å². The molecule has 1 saturated carbocycles. The average molecular weight is 345 g/mol. The van der Waals surface area contributed by atoms with Crippen molar-refractivity contribution < 1.29 is 19.0 Å². The van der Waals surface area contributed by atoms with Crippen LogP contribution in [-0.2, 0) is 25.6 Å². The lowest BCUT2D eigenvalue weighted by Crippen LogP contribution is -2.41. The van der Waals surface area contributed by atoms with E-state index in [9.17, 15) is 4.79 Å². The fourth-order valence-corrected chi connectivity index (χ4v) is 4.48. The Morgan fingerprint density at radius 2 is 1.76 bits per heavy atom. The predicted octanol–water partition coefficient (Wildman–Crippen LogP) is 2.74. The minimum atomic E-state index is -0.298. The van der Waals surface area contributed by atoms with Gasteiger partial charge in [-0.3, -0.25) is 9.69 Å². The molecule has 5 heteroatoms. The van der Waals surface area contributed by atoms with Crippen molar-refractivity contribution in [1.82, 2.24) is 4.90 Å². The minimum absolute atomic E-state index is 0.129. The maximum atomic E-state index is 12.1. The number of ether oxygens (including phenoxy) is 3. The van der Waals surface area contributed by atoms with Crippen LogP contribution in [0.3, 0.4) is 0 Å². The maximum Gasteiger partial charge on any atom is 0.320 e. The SMILES string of the molecule is O=C(CN1CCC2(CCC3(CC2)OCCO3)C1)OCc1ccccc1. The number of hydrogen-bond donors (Lipinski definition) is 0. The van der Waals surface area contributed by atoms with E-state index in [4.69, 9.17) is 14.2 Å². The Morgan fingerprint density at radius 1 is 1.04 bits per heavy atom. The number of benzene rings is 1. The van der Waals surface area contributed by atoms with E-state index in [0.29, 0.717) is 18.6 Å². The zero-order valence-corrected chi connectivity index (χ0v) is 14.7. The van der Waals surface area contributed by atoms with Gasteiger partial charge in [-0.15, -0.1) is 0 Å². The Hall–Kier alpha value is -1.43. The van der Waals surface area contributed by atoms with Crippen molar-refractivity contribution in [3.63, 3.8) is 0 Å². The van der Waals surface area contributed by atoms with Gasteiger partial charge in [-0.25, -0.2) is 0 Å². The summed E-state index contributed by atoms with van der Waals surface area (Å²) in [5.74, 6) is -0.427. The Morgan fingerprint density at radius 3 is 2.48 bits per heavy atom. The molecule has 2 saturated heterocycles. The summed E-state index contributed by atoms with van der Waals surface area (Å²) < 4.78 is 17.1. The summed E-state index contributed by atoms with van der Waals surface area (Å²) in [4.78, 5) is 14.4. The molecule has 0 radical (unpaired) electrons. The molecule has 2 heterocycles. The molecule has 1 aromatic rings. The highest BCUT2D eigenvalue weighted by atomic mass is 16.7. The smallest absolute Gasteiger partial charge is 0.320 e. The summed E-state index contributed by atoms with van der Waals surface area (Å²) in [6, 6.07) is 9.83. The van der Waals surface area contributed by atoms with Crippen LogP contribution in [0.5, 0.6) is 0 Å². The van der Waals surface area contributed by atoms with Gasteiger partial charge in [0.05, 0.1) is 19.8 Å². The van der Waals surface area contributed by atoms with Crippen molar-refractivity contribution in [2.75, 3.05) is 32.8 Å². The zero-order chi connectivity index (χ0) is 17.2. The first-order chi connectivity index (χ1) is 12.2. The maximum absolute atomic E-state index is 12.1. The molecule has 2 aliphatic heterocycles. The Kier molecular flexibility index (Phi) is 4.80. The van der Waals surface area contributed by atoms with Gasteiger partial charge in [-0.1, -0.05) is 30.3 Å². The van der Waals surface area contributed by atoms with Crippen molar-refractivity contribution in [1.29, 1.82) is 0 Å². The van der Waals surface area contributed by atoms with Gasteiger partial charge in [0.1, 0.15) is 6.61 Å². The molecule has 0 aromatic heterocycles. The number of nitrogens with zero attached hydrogens (tertiary/aromatic N) is 1. The van der Waals surface area contributed by atoms with E-state index in [1.807, 2.05) is 30.3 Å². The molecule has 0 unspecified atom stereocenters. The molecule has 0 amide bonds. The molecule has 5 nitrogen and oxygen atoms in total. The molecule has 1 aromatic carbocycles. The molecule has 25 heavy (non-hydrogen) atoms. The van der Waals surface area contributed by atoms with Crippen LogP contribution in [0.25, 0.3) is 0 Å². The molecule has 4 rings (SSSR count). The first-order valence-corrected chi connectivity index (χ1v) is 9.37. The Bertz CT molecular complexity index is 587. The summed E-state index contributed by atoms with van der Waals surface area (Å²) in [6.45, 7) is 4.18. The molecule has 0 atom stereocenters. The second kappa shape index (κ2) is 7.06. The van der Waals surface area contributed by atoms with Gasteiger partial charge in [-0.2, -0.15) is 0 Å². The van der Waals surface area contributed by atoms with Crippen molar-refractivity contribution >= 4 is 5.97 Å². The highest BCUT2D eigenvalue weighted by molar-refractivity contribution is 5.71. The first-order valence-electron chi connectivity index (χ1n) is 9.37. The number of likely N-dealkylation sites (tertiary alicyclic amines) is 1. The summed E-state index contributed by atoms with van der Waals surface area (Å²) in [5.41, 5.74) is 1.36. The molecule has 0 bridgehead atoms. The van der Waals surface area contributed by atoms with Gasteiger partial charge in [-0.05, 0) is 36.8 Å². The molecular formula is C20H27NO4. The standard InChI is InChI=1S/C20H27NO4/c22-18(23-15-17-4-2-1-3-5-17)14-21-11-10-19(16-21)6-8-20(9-7-19)24-12-13-25-20/h1-5H,6-16H2. The summed E-state index contributed by atoms with van der Waals surface area (Å²) in [6.07, 6.45) is 5.39. The lowest BCUT2D eigenvalue weighted by atomic mass is 9.71.